The summed E-state index contributed by atoms with van der Waals surface area (Å²) in [5, 5.41) is 4.50. The molecule has 2 N–H and O–H groups in total. The first-order valence-electron chi connectivity index (χ1n) is 7.71. The van der Waals surface area contributed by atoms with Crippen molar-refractivity contribution in [3.63, 3.8) is 0 Å². The van der Waals surface area contributed by atoms with Crippen LogP contribution < -0.4 is 5.73 Å². The van der Waals surface area contributed by atoms with Crippen LogP contribution in [0, 0.1) is 17.8 Å². The van der Waals surface area contributed by atoms with Crippen LogP contribution in [0.3, 0.4) is 0 Å². The van der Waals surface area contributed by atoms with Crippen LogP contribution in [0.1, 0.15) is 37.4 Å². The van der Waals surface area contributed by atoms with Gasteiger partial charge >= 0.3 is 0 Å². The zero-order valence-electron chi connectivity index (χ0n) is 12.4. The first kappa shape index (κ1) is 14.5. The molecule has 3 unspecified atom stereocenters. The molecule has 0 bridgehead atoms. The Morgan fingerprint density at radius 2 is 2.05 bits per heavy atom. The molecule has 0 saturated heterocycles. The molecule has 4 nitrogen and oxygen atoms in total. The summed E-state index contributed by atoms with van der Waals surface area (Å²) in [4.78, 5) is 2.18. The van der Waals surface area contributed by atoms with Crippen LogP contribution in [0.5, 0.6) is 0 Å². The van der Waals surface area contributed by atoms with Gasteiger partial charge in [-0.1, -0.05) is 12.8 Å². The molecule has 0 aromatic carbocycles. The average molecular weight is 341 g/mol. The topological polar surface area (TPSA) is 47.1 Å². The van der Waals surface area contributed by atoms with Crippen molar-refractivity contribution in [2.75, 3.05) is 20.6 Å². The lowest BCUT2D eigenvalue weighted by Gasteiger charge is -2.17. The molecule has 0 radical (unpaired) electrons. The summed E-state index contributed by atoms with van der Waals surface area (Å²) in [6.45, 7) is 1.90. The molecule has 2 saturated carbocycles. The normalized spacial score (nSPS) is 30.4. The lowest BCUT2D eigenvalue weighted by Crippen LogP contribution is -2.24. The maximum Gasteiger partial charge on any atom is 0.0697 e. The number of hydrogen-bond donors (Lipinski definition) is 1. The SMILES string of the molecule is CN(C)CCn1ncc(Br)c1C(N)C1C2CCCCC21. The Hall–Kier alpha value is -0.390. The quantitative estimate of drug-likeness (QED) is 0.896. The van der Waals surface area contributed by atoms with E-state index in [0.717, 1.165) is 29.4 Å². The molecule has 3 rings (SSSR count). The molecule has 112 valence electrons. The Kier molecular flexibility index (Phi) is 4.20. The fourth-order valence-corrected chi connectivity index (χ4v) is 4.50. The summed E-state index contributed by atoms with van der Waals surface area (Å²) < 4.78 is 3.17. The number of likely N-dealkylation sites (N-methyl/N-ethyl adjacent to an activating group) is 1. The molecular formula is C15H25BrN4. The number of nitrogens with zero attached hydrogens (tertiary/aromatic N) is 3. The number of hydrogen-bond acceptors (Lipinski definition) is 3. The minimum absolute atomic E-state index is 0.141. The van der Waals surface area contributed by atoms with Crippen molar-refractivity contribution in [1.29, 1.82) is 0 Å². The molecule has 3 atom stereocenters. The van der Waals surface area contributed by atoms with E-state index in [0.29, 0.717) is 5.92 Å². The van der Waals surface area contributed by atoms with Gasteiger partial charge in [0.05, 0.1) is 29.0 Å². The average Bonchev–Trinajstić information content (AvgIpc) is 3.04. The Morgan fingerprint density at radius 3 is 2.65 bits per heavy atom. The van der Waals surface area contributed by atoms with Crippen molar-refractivity contribution in [3.8, 4) is 0 Å². The highest BCUT2D eigenvalue weighted by Crippen LogP contribution is 2.60. The van der Waals surface area contributed by atoms with Gasteiger partial charge in [0.25, 0.3) is 0 Å². The summed E-state index contributed by atoms with van der Waals surface area (Å²) in [5.41, 5.74) is 7.81. The Bertz CT molecular complexity index is 458. The van der Waals surface area contributed by atoms with E-state index in [4.69, 9.17) is 5.73 Å². The molecule has 0 amide bonds. The minimum atomic E-state index is 0.141. The highest BCUT2D eigenvalue weighted by Gasteiger charge is 2.54. The first-order valence-corrected chi connectivity index (χ1v) is 8.50. The maximum atomic E-state index is 6.61. The Morgan fingerprint density at radius 1 is 1.40 bits per heavy atom. The second kappa shape index (κ2) is 5.78. The second-order valence-electron chi connectivity index (χ2n) is 6.62. The first-order chi connectivity index (χ1) is 9.59. The van der Waals surface area contributed by atoms with Crippen molar-refractivity contribution in [1.82, 2.24) is 14.7 Å². The molecule has 1 aromatic rings. The van der Waals surface area contributed by atoms with E-state index in [1.807, 2.05) is 6.20 Å². The van der Waals surface area contributed by atoms with Gasteiger partial charge in [-0.25, -0.2) is 0 Å². The molecule has 2 aliphatic rings. The Balaban J connectivity index is 1.74. The number of nitrogens with two attached hydrogens (primary N) is 1. The van der Waals surface area contributed by atoms with Crippen LogP contribution in [0.2, 0.25) is 0 Å². The van der Waals surface area contributed by atoms with E-state index in [1.165, 1.54) is 31.4 Å². The van der Waals surface area contributed by atoms with Gasteiger partial charge in [-0.3, -0.25) is 4.68 Å². The van der Waals surface area contributed by atoms with Crippen molar-refractivity contribution in [2.24, 2.45) is 23.5 Å². The van der Waals surface area contributed by atoms with Crippen LogP contribution in [0.4, 0.5) is 0 Å². The molecule has 1 heterocycles. The molecule has 2 fully saturated rings. The predicted molar refractivity (Wildman–Crippen MR) is 84.3 cm³/mol. The largest absolute Gasteiger partial charge is 0.322 e. The molecule has 0 spiro atoms. The fraction of sp³-hybridized carbons (Fsp3) is 0.800. The minimum Gasteiger partial charge on any atom is -0.322 e. The van der Waals surface area contributed by atoms with Gasteiger partial charge in [-0.15, -0.1) is 0 Å². The van der Waals surface area contributed by atoms with Crippen molar-refractivity contribution < 1.29 is 0 Å². The van der Waals surface area contributed by atoms with E-state index >= 15 is 0 Å². The van der Waals surface area contributed by atoms with Crippen LogP contribution >= 0.6 is 15.9 Å². The standard InChI is InChI=1S/C15H25BrN4/c1-19(2)7-8-20-15(12(16)9-18-20)14(17)13-10-5-3-4-6-11(10)13/h9-11,13-14H,3-8,17H2,1-2H3. The summed E-state index contributed by atoms with van der Waals surface area (Å²) in [6.07, 6.45) is 7.45. The van der Waals surface area contributed by atoms with Gasteiger partial charge in [-0.2, -0.15) is 5.10 Å². The fourth-order valence-electron chi connectivity index (χ4n) is 3.94. The molecular weight excluding hydrogens is 316 g/mol. The van der Waals surface area contributed by atoms with Crippen molar-refractivity contribution in [3.05, 3.63) is 16.4 Å². The zero-order chi connectivity index (χ0) is 14.3. The highest BCUT2D eigenvalue weighted by molar-refractivity contribution is 9.10. The Labute approximate surface area is 129 Å². The summed E-state index contributed by atoms with van der Waals surface area (Å²) >= 11 is 3.64. The molecule has 20 heavy (non-hydrogen) atoms. The van der Waals surface area contributed by atoms with Gasteiger partial charge in [0.15, 0.2) is 0 Å². The third kappa shape index (κ3) is 2.68. The third-order valence-corrected chi connectivity index (χ3v) is 5.66. The lowest BCUT2D eigenvalue weighted by atomic mass is 10.0. The van der Waals surface area contributed by atoms with E-state index in [-0.39, 0.29) is 6.04 Å². The summed E-state index contributed by atoms with van der Waals surface area (Å²) in [5.74, 6) is 2.44. The monoisotopic (exact) mass is 340 g/mol. The van der Waals surface area contributed by atoms with Crippen LogP contribution in [0.15, 0.2) is 10.7 Å². The smallest absolute Gasteiger partial charge is 0.0697 e. The number of rotatable bonds is 5. The zero-order valence-corrected chi connectivity index (χ0v) is 14.0. The van der Waals surface area contributed by atoms with Gasteiger partial charge in [0.2, 0.25) is 0 Å². The molecule has 2 aliphatic carbocycles. The highest BCUT2D eigenvalue weighted by atomic mass is 79.9. The summed E-state index contributed by atoms with van der Waals surface area (Å²) in [6, 6.07) is 0.141. The number of halogens is 1. The number of fused-ring (bicyclic) bond motifs is 1. The van der Waals surface area contributed by atoms with Gasteiger partial charge in [-0.05, 0) is 60.6 Å². The van der Waals surface area contributed by atoms with Gasteiger partial charge in [0, 0.05) is 6.54 Å². The predicted octanol–water partition coefficient (Wildman–Crippen LogP) is 2.64. The number of aromatic nitrogens is 2. The molecule has 5 heteroatoms. The lowest BCUT2D eigenvalue weighted by molar-refractivity contribution is 0.363. The van der Waals surface area contributed by atoms with E-state index in [2.05, 4.69) is 44.7 Å². The van der Waals surface area contributed by atoms with Crippen molar-refractivity contribution in [2.45, 2.75) is 38.3 Å². The summed E-state index contributed by atoms with van der Waals surface area (Å²) in [7, 11) is 4.18. The third-order valence-electron chi connectivity index (χ3n) is 5.05. The van der Waals surface area contributed by atoms with Gasteiger partial charge in [0.1, 0.15) is 0 Å². The van der Waals surface area contributed by atoms with Crippen molar-refractivity contribution >= 4 is 15.9 Å². The van der Waals surface area contributed by atoms with Crippen LogP contribution in [-0.4, -0.2) is 35.3 Å². The van der Waals surface area contributed by atoms with E-state index in [9.17, 15) is 0 Å². The molecule has 1 aromatic heterocycles. The van der Waals surface area contributed by atoms with E-state index in [1.54, 1.807) is 0 Å². The van der Waals surface area contributed by atoms with Crippen LogP contribution in [-0.2, 0) is 6.54 Å². The van der Waals surface area contributed by atoms with E-state index < -0.39 is 0 Å². The second-order valence-corrected chi connectivity index (χ2v) is 7.47. The molecule has 0 aliphatic heterocycles. The maximum absolute atomic E-state index is 6.61. The van der Waals surface area contributed by atoms with Gasteiger partial charge < -0.3 is 10.6 Å². The van der Waals surface area contributed by atoms with Crippen LogP contribution in [0.25, 0.3) is 0 Å².